The molecule has 0 bridgehead atoms. The molecule has 0 saturated carbocycles. The van der Waals surface area contributed by atoms with Gasteiger partial charge in [-0.1, -0.05) is 36.0 Å². The van der Waals surface area contributed by atoms with Crippen LogP contribution in [-0.4, -0.2) is 42.4 Å². The van der Waals surface area contributed by atoms with Gasteiger partial charge in [0.15, 0.2) is 11.0 Å². The topological polar surface area (TPSA) is 96.0 Å². The third-order valence-electron chi connectivity index (χ3n) is 5.83. The van der Waals surface area contributed by atoms with Gasteiger partial charge in [-0.2, -0.15) is 0 Å². The van der Waals surface area contributed by atoms with Crippen LogP contribution in [0.2, 0.25) is 0 Å². The number of benzene rings is 2. The lowest BCUT2D eigenvalue weighted by atomic mass is 10.2. The van der Waals surface area contributed by atoms with Crippen molar-refractivity contribution in [1.29, 1.82) is 0 Å². The number of ether oxygens (including phenoxy) is 1. The van der Waals surface area contributed by atoms with Gasteiger partial charge in [-0.15, -0.1) is 16.8 Å². The highest BCUT2D eigenvalue weighted by molar-refractivity contribution is 8.00. The molecule has 4 aromatic rings. The number of thioether (sulfide) groups is 1. The third kappa shape index (κ3) is 4.85. The van der Waals surface area contributed by atoms with Gasteiger partial charge in [0, 0.05) is 19.2 Å². The number of allylic oxidation sites excluding steroid dienone is 1. The Morgan fingerprint density at radius 3 is 2.50 bits per heavy atom. The van der Waals surface area contributed by atoms with Crippen molar-refractivity contribution >= 4 is 23.4 Å². The van der Waals surface area contributed by atoms with Gasteiger partial charge in [0.2, 0.25) is 5.91 Å². The predicted molar refractivity (Wildman–Crippen MR) is 142 cm³/mol. The van der Waals surface area contributed by atoms with E-state index in [9.17, 15) is 9.59 Å². The van der Waals surface area contributed by atoms with Gasteiger partial charge in [0.1, 0.15) is 11.4 Å². The van der Waals surface area contributed by atoms with Gasteiger partial charge in [0.05, 0.1) is 23.7 Å². The van der Waals surface area contributed by atoms with E-state index >= 15 is 0 Å². The number of para-hydroxylation sites is 1. The molecule has 36 heavy (non-hydrogen) atoms. The average Bonchev–Trinajstić information content (AvgIpc) is 3.38. The van der Waals surface area contributed by atoms with E-state index in [2.05, 4.69) is 22.1 Å². The van der Waals surface area contributed by atoms with Crippen molar-refractivity contribution in [2.75, 3.05) is 12.4 Å². The van der Waals surface area contributed by atoms with Crippen molar-refractivity contribution in [1.82, 2.24) is 24.1 Å². The van der Waals surface area contributed by atoms with Crippen LogP contribution in [0.1, 0.15) is 12.6 Å². The lowest BCUT2D eigenvalue weighted by Crippen LogP contribution is -2.27. The number of rotatable bonds is 9. The first-order chi connectivity index (χ1) is 17.3. The molecule has 2 aromatic heterocycles. The summed E-state index contributed by atoms with van der Waals surface area (Å²) in [7, 11) is 3.40. The molecule has 0 radical (unpaired) electrons. The second kappa shape index (κ2) is 10.7. The van der Waals surface area contributed by atoms with Crippen LogP contribution >= 0.6 is 11.8 Å². The Morgan fingerprint density at radius 1 is 1.17 bits per heavy atom. The van der Waals surface area contributed by atoms with Crippen LogP contribution in [0.4, 0.5) is 5.69 Å². The largest absolute Gasteiger partial charge is 0.497 e. The van der Waals surface area contributed by atoms with Crippen LogP contribution in [0.25, 0.3) is 17.1 Å². The summed E-state index contributed by atoms with van der Waals surface area (Å²) in [5.41, 5.74) is 2.22. The Balaban J connectivity index is 1.56. The second-order valence-electron chi connectivity index (χ2n) is 8.12. The summed E-state index contributed by atoms with van der Waals surface area (Å²) in [4.78, 5) is 26.3. The Labute approximate surface area is 213 Å². The summed E-state index contributed by atoms with van der Waals surface area (Å²) in [6, 6.07) is 16.8. The SMILES string of the molecule is C=CCn1c(SC(C)C(=O)Nc2c(C)n(C)n(-c3ccccc3)c2=O)nnc1-c1ccc(OC)cc1. The zero-order chi connectivity index (χ0) is 25.8. The summed E-state index contributed by atoms with van der Waals surface area (Å²) in [5, 5.41) is 11.5. The quantitative estimate of drug-likeness (QED) is 0.273. The number of carbonyl (C=O) groups excluding carboxylic acids is 1. The first kappa shape index (κ1) is 25.1. The fraction of sp³-hybridized carbons (Fsp3) is 0.231. The predicted octanol–water partition coefficient (Wildman–Crippen LogP) is 4.06. The van der Waals surface area contributed by atoms with Crippen molar-refractivity contribution in [3.63, 3.8) is 0 Å². The molecule has 1 amide bonds. The number of methoxy groups -OCH3 is 1. The lowest BCUT2D eigenvalue weighted by Gasteiger charge is -2.12. The highest BCUT2D eigenvalue weighted by Crippen LogP contribution is 2.28. The molecule has 0 fully saturated rings. The summed E-state index contributed by atoms with van der Waals surface area (Å²) in [5.74, 6) is 1.11. The molecule has 0 aliphatic carbocycles. The maximum atomic E-state index is 13.1. The summed E-state index contributed by atoms with van der Waals surface area (Å²) < 4.78 is 10.4. The van der Waals surface area contributed by atoms with E-state index in [-0.39, 0.29) is 17.2 Å². The Kier molecular flexibility index (Phi) is 7.44. The van der Waals surface area contributed by atoms with Gasteiger partial charge in [-0.3, -0.25) is 18.8 Å². The Morgan fingerprint density at radius 2 is 1.86 bits per heavy atom. The maximum Gasteiger partial charge on any atom is 0.295 e. The average molecular weight is 505 g/mol. The zero-order valence-corrected chi connectivity index (χ0v) is 21.5. The van der Waals surface area contributed by atoms with E-state index in [1.807, 2.05) is 59.2 Å². The molecule has 0 aliphatic rings. The fourth-order valence-corrected chi connectivity index (χ4v) is 4.63. The molecule has 1 atom stereocenters. The van der Waals surface area contributed by atoms with Crippen molar-refractivity contribution in [3.8, 4) is 22.8 Å². The van der Waals surface area contributed by atoms with Crippen molar-refractivity contribution in [2.45, 2.75) is 30.8 Å². The van der Waals surface area contributed by atoms with Gasteiger partial charge >= 0.3 is 0 Å². The lowest BCUT2D eigenvalue weighted by molar-refractivity contribution is -0.115. The minimum Gasteiger partial charge on any atom is -0.497 e. The molecule has 0 saturated heterocycles. The summed E-state index contributed by atoms with van der Waals surface area (Å²) in [6.45, 7) is 7.89. The fourth-order valence-electron chi connectivity index (χ4n) is 3.77. The second-order valence-corrected chi connectivity index (χ2v) is 9.43. The molecule has 1 unspecified atom stereocenters. The smallest absolute Gasteiger partial charge is 0.295 e. The summed E-state index contributed by atoms with van der Waals surface area (Å²) in [6.07, 6.45) is 1.75. The zero-order valence-electron chi connectivity index (χ0n) is 20.6. The molecule has 0 spiro atoms. The minimum atomic E-state index is -0.536. The van der Waals surface area contributed by atoms with Crippen LogP contribution in [0.15, 0.2) is 77.2 Å². The van der Waals surface area contributed by atoms with E-state index in [1.54, 1.807) is 38.8 Å². The highest BCUT2D eigenvalue weighted by atomic mass is 32.2. The van der Waals surface area contributed by atoms with Gasteiger partial charge in [0.25, 0.3) is 5.56 Å². The number of amides is 1. The van der Waals surface area contributed by atoms with Crippen molar-refractivity contribution in [2.24, 2.45) is 7.05 Å². The molecule has 4 rings (SSSR count). The minimum absolute atomic E-state index is 0.255. The van der Waals surface area contributed by atoms with E-state index in [0.717, 1.165) is 17.0 Å². The molecule has 2 heterocycles. The third-order valence-corrected chi connectivity index (χ3v) is 6.91. The van der Waals surface area contributed by atoms with E-state index in [0.29, 0.717) is 23.2 Å². The van der Waals surface area contributed by atoms with Crippen molar-refractivity contribution in [3.05, 3.63) is 83.3 Å². The molecule has 10 heteroatoms. The van der Waals surface area contributed by atoms with Crippen LogP contribution < -0.4 is 15.6 Å². The van der Waals surface area contributed by atoms with Crippen molar-refractivity contribution < 1.29 is 9.53 Å². The maximum absolute atomic E-state index is 13.1. The van der Waals surface area contributed by atoms with Gasteiger partial charge in [-0.25, -0.2) is 4.68 Å². The monoisotopic (exact) mass is 504 g/mol. The molecule has 2 aromatic carbocycles. The molecule has 186 valence electrons. The Hall–Kier alpha value is -4.05. The number of nitrogens with one attached hydrogen (secondary N) is 1. The number of nitrogens with zero attached hydrogens (tertiary/aromatic N) is 5. The van der Waals surface area contributed by atoms with Crippen LogP contribution in [0.5, 0.6) is 5.75 Å². The first-order valence-electron chi connectivity index (χ1n) is 11.4. The number of carbonyl (C=O) groups is 1. The van der Waals surface area contributed by atoms with E-state index in [4.69, 9.17) is 4.74 Å². The van der Waals surface area contributed by atoms with Crippen LogP contribution in [0, 0.1) is 6.92 Å². The standard InChI is InChI=1S/C26H28N6O3S/c1-6-16-31-23(19-12-14-21(35-5)15-13-19)28-29-26(31)36-18(3)24(33)27-22-17(2)30(4)32(25(22)34)20-10-8-7-9-11-20/h6-15,18H,1,16H2,2-5H3,(H,27,33). The summed E-state index contributed by atoms with van der Waals surface area (Å²) >= 11 is 1.27. The van der Waals surface area contributed by atoms with Gasteiger partial charge in [-0.05, 0) is 50.2 Å². The van der Waals surface area contributed by atoms with E-state index < -0.39 is 5.25 Å². The molecule has 9 nitrogen and oxygen atoms in total. The number of hydrogen-bond donors (Lipinski definition) is 1. The normalized spacial score (nSPS) is 11.8. The van der Waals surface area contributed by atoms with E-state index in [1.165, 1.54) is 16.4 Å². The number of hydrogen-bond acceptors (Lipinski definition) is 6. The molecular formula is C26H28N6O3S. The Bertz CT molecular complexity index is 1440. The first-order valence-corrected chi connectivity index (χ1v) is 12.2. The number of aromatic nitrogens is 5. The van der Waals surface area contributed by atoms with Crippen LogP contribution in [0.3, 0.4) is 0 Å². The highest BCUT2D eigenvalue weighted by Gasteiger charge is 2.24. The van der Waals surface area contributed by atoms with Gasteiger partial charge < -0.3 is 10.1 Å². The van der Waals surface area contributed by atoms with Crippen LogP contribution in [-0.2, 0) is 18.4 Å². The number of anilines is 1. The molecule has 1 N–H and O–H groups in total. The molecule has 0 aliphatic heterocycles. The molecular weight excluding hydrogens is 476 g/mol.